The molecule has 2 rings (SSSR count). The number of carbonyl (C=O) groups is 1. The monoisotopic (exact) mass is 316 g/mol. The molecule has 0 saturated carbocycles. The first-order chi connectivity index (χ1) is 10.6. The van der Waals surface area contributed by atoms with Crippen molar-refractivity contribution in [1.82, 2.24) is 9.78 Å². The number of hydrogen-bond donors (Lipinski definition) is 0. The fourth-order valence-electron chi connectivity index (χ4n) is 1.91. The van der Waals surface area contributed by atoms with Crippen LogP contribution < -0.4 is 0 Å². The molecule has 0 aliphatic rings. The Morgan fingerprint density at radius 3 is 2.68 bits per heavy atom. The second-order valence-electron chi connectivity index (χ2n) is 4.69. The van der Waals surface area contributed by atoms with Crippen molar-refractivity contribution in [3.63, 3.8) is 0 Å². The molecule has 0 atom stereocenters. The molecule has 5 heteroatoms. The Morgan fingerprint density at radius 1 is 1.32 bits per heavy atom. The number of esters is 1. The number of nitrogens with zero attached hydrogens (tertiary/aromatic N) is 2. The normalized spacial score (nSPS) is 11.4. The highest BCUT2D eigenvalue weighted by Gasteiger charge is 2.08. The molecule has 0 fully saturated rings. The molecule has 0 unspecified atom stereocenters. The lowest BCUT2D eigenvalue weighted by molar-refractivity contribution is -0.136. The second kappa shape index (κ2) is 7.61. The molecule has 0 amide bonds. The maximum atomic E-state index is 11.6. The van der Waals surface area contributed by atoms with Gasteiger partial charge in [0.1, 0.15) is 11.8 Å². The van der Waals surface area contributed by atoms with E-state index in [0.29, 0.717) is 5.15 Å². The highest BCUT2D eigenvalue weighted by molar-refractivity contribution is 6.31. The number of rotatable bonds is 5. The van der Waals surface area contributed by atoms with Crippen molar-refractivity contribution in [3.8, 4) is 0 Å². The zero-order valence-electron chi connectivity index (χ0n) is 12.5. The van der Waals surface area contributed by atoms with Crippen molar-refractivity contribution in [2.45, 2.75) is 6.92 Å². The molecule has 22 heavy (non-hydrogen) atoms. The third-order valence-electron chi connectivity index (χ3n) is 3.01. The highest BCUT2D eigenvalue weighted by Crippen LogP contribution is 2.19. The maximum absolute atomic E-state index is 11.6. The molecule has 0 N–H and O–H groups in total. The molecule has 1 aromatic carbocycles. The Bertz CT molecular complexity index is 703. The van der Waals surface area contributed by atoms with Gasteiger partial charge in [0.05, 0.1) is 5.69 Å². The van der Waals surface area contributed by atoms with Crippen LogP contribution in [0.15, 0.2) is 42.5 Å². The summed E-state index contributed by atoms with van der Waals surface area (Å²) in [4.78, 5) is 11.6. The van der Waals surface area contributed by atoms with E-state index in [9.17, 15) is 4.79 Å². The van der Waals surface area contributed by atoms with E-state index < -0.39 is 5.97 Å². The Kier molecular flexibility index (Phi) is 5.55. The zero-order valence-corrected chi connectivity index (χ0v) is 13.2. The number of carbonyl (C=O) groups excluding carboxylic acids is 1. The lowest BCUT2D eigenvalue weighted by Gasteiger charge is -1.97. The molecule has 4 nitrogen and oxygen atoms in total. The first kappa shape index (κ1) is 16.0. The minimum Gasteiger partial charge on any atom is -0.458 e. The number of aryl methyl sites for hydroxylation is 2. The molecular formula is C17H17ClN2O2. The minimum atomic E-state index is -0.419. The summed E-state index contributed by atoms with van der Waals surface area (Å²) >= 11 is 6.08. The highest BCUT2D eigenvalue weighted by atomic mass is 35.5. The molecule has 0 spiro atoms. The third-order valence-corrected chi connectivity index (χ3v) is 3.46. The molecule has 0 radical (unpaired) electrons. The van der Waals surface area contributed by atoms with Gasteiger partial charge in [-0.1, -0.05) is 48.0 Å². The van der Waals surface area contributed by atoms with Crippen LogP contribution in [-0.2, 0) is 16.6 Å². The van der Waals surface area contributed by atoms with Gasteiger partial charge in [-0.05, 0) is 24.6 Å². The molecular weight excluding hydrogens is 300 g/mol. The maximum Gasteiger partial charge on any atom is 0.331 e. The Hall–Kier alpha value is -2.33. The first-order valence-corrected chi connectivity index (χ1v) is 7.21. The standard InChI is InChI=1S/C17H17ClN2O2/c1-13-15(17(18)20(2)19-13)10-11-16(21)22-12-6-9-14-7-4-3-5-8-14/h3-11H,12H2,1-2H3/b9-6+,11-10+. The molecule has 0 bridgehead atoms. The van der Waals surface area contributed by atoms with E-state index in [1.807, 2.05) is 43.3 Å². The van der Waals surface area contributed by atoms with E-state index >= 15 is 0 Å². The quantitative estimate of drug-likeness (QED) is 0.624. The summed E-state index contributed by atoms with van der Waals surface area (Å²) < 4.78 is 6.65. The number of aromatic nitrogens is 2. The van der Waals surface area contributed by atoms with E-state index in [1.54, 1.807) is 23.9 Å². The van der Waals surface area contributed by atoms with E-state index in [-0.39, 0.29) is 6.61 Å². The van der Waals surface area contributed by atoms with E-state index in [2.05, 4.69) is 5.10 Å². The van der Waals surface area contributed by atoms with E-state index in [1.165, 1.54) is 6.08 Å². The van der Waals surface area contributed by atoms with Crippen LogP contribution >= 0.6 is 11.6 Å². The van der Waals surface area contributed by atoms with Gasteiger partial charge in [0.2, 0.25) is 0 Å². The summed E-state index contributed by atoms with van der Waals surface area (Å²) in [6, 6.07) is 9.81. The lowest BCUT2D eigenvalue weighted by Crippen LogP contribution is -1.99. The Labute approximate surface area is 134 Å². The van der Waals surface area contributed by atoms with Crippen LogP contribution in [0.1, 0.15) is 16.8 Å². The summed E-state index contributed by atoms with van der Waals surface area (Å²) in [5, 5.41) is 4.66. The first-order valence-electron chi connectivity index (χ1n) is 6.83. The summed E-state index contributed by atoms with van der Waals surface area (Å²) in [5.41, 5.74) is 2.55. The van der Waals surface area contributed by atoms with Gasteiger partial charge in [0.15, 0.2) is 0 Å². The zero-order chi connectivity index (χ0) is 15.9. The van der Waals surface area contributed by atoms with Gasteiger partial charge in [-0.15, -0.1) is 0 Å². The van der Waals surface area contributed by atoms with Crippen LogP contribution in [-0.4, -0.2) is 22.4 Å². The molecule has 2 aromatic rings. The van der Waals surface area contributed by atoms with Crippen molar-refractivity contribution in [2.24, 2.45) is 7.05 Å². The third kappa shape index (κ3) is 4.33. The van der Waals surface area contributed by atoms with E-state index in [0.717, 1.165) is 16.8 Å². The van der Waals surface area contributed by atoms with Gasteiger partial charge < -0.3 is 4.74 Å². The van der Waals surface area contributed by atoms with Gasteiger partial charge in [0.25, 0.3) is 0 Å². The number of hydrogen-bond acceptors (Lipinski definition) is 3. The van der Waals surface area contributed by atoms with Crippen LogP contribution in [0.2, 0.25) is 5.15 Å². The van der Waals surface area contributed by atoms with Crippen LogP contribution in [0.5, 0.6) is 0 Å². The van der Waals surface area contributed by atoms with Crippen LogP contribution in [0.4, 0.5) is 0 Å². The van der Waals surface area contributed by atoms with Crippen molar-refractivity contribution < 1.29 is 9.53 Å². The molecule has 1 aromatic heterocycles. The Balaban J connectivity index is 1.85. The van der Waals surface area contributed by atoms with Crippen molar-refractivity contribution >= 4 is 29.7 Å². The second-order valence-corrected chi connectivity index (χ2v) is 5.05. The fraction of sp³-hybridized carbons (Fsp3) is 0.176. The van der Waals surface area contributed by atoms with Gasteiger partial charge in [-0.2, -0.15) is 5.10 Å². The molecule has 114 valence electrons. The number of ether oxygens (including phenoxy) is 1. The summed E-state index contributed by atoms with van der Waals surface area (Å²) in [7, 11) is 1.75. The van der Waals surface area contributed by atoms with Gasteiger partial charge in [-0.3, -0.25) is 4.68 Å². The van der Waals surface area contributed by atoms with E-state index in [4.69, 9.17) is 16.3 Å². The average molecular weight is 317 g/mol. The van der Waals surface area contributed by atoms with Gasteiger partial charge in [0, 0.05) is 18.7 Å². The van der Waals surface area contributed by atoms with Crippen molar-refractivity contribution in [1.29, 1.82) is 0 Å². The van der Waals surface area contributed by atoms with Gasteiger partial charge >= 0.3 is 5.97 Å². The molecule has 1 heterocycles. The van der Waals surface area contributed by atoms with Crippen molar-refractivity contribution in [3.05, 3.63) is 64.5 Å². The number of benzene rings is 1. The van der Waals surface area contributed by atoms with Crippen LogP contribution in [0.3, 0.4) is 0 Å². The number of halogens is 1. The van der Waals surface area contributed by atoms with Crippen molar-refractivity contribution in [2.75, 3.05) is 6.61 Å². The van der Waals surface area contributed by atoms with Crippen LogP contribution in [0.25, 0.3) is 12.2 Å². The SMILES string of the molecule is Cc1nn(C)c(Cl)c1/C=C/C(=O)OC/C=C/c1ccccc1. The average Bonchev–Trinajstić information content (AvgIpc) is 2.76. The smallest absolute Gasteiger partial charge is 0.331 e. The topological polar surface area (TPSA) is 44.1 Å². The fourth-order valence-corrected chi connectivity index (χ4v) is 2.15. The minimum absolute atomic E-state index is 0.220. The van der Waals surface area contributed by atoms with Crippen LogP contribution in [0, 0.1) is 6.92 Å². The molecule has 0 aliphatic carbocycles. The summed E-state index contributed by atoms with van der Waals surface area (Å²) in [5.74, 6) is -0.419. The Morgan fingerprint density at radius 2 is 2.05 bits per heavy atom. The summed E-state index contributed by atoms with van der Waals surface area (Å²) in [6.45, 7) is 2.05. The van der Waals surface area contributed by atoms with Gasteiger partial charge in [-0.25, -0.2) is 4.79 Å². The lowest BCUT2D eigenvalue weighted by atomic mass is 10.2. The molecule has 0 aliphatic heterocycles. The summed E-state index contributed by atoms with van der Waals surface area (Å²) in [6.07, 6.45) is 6.67. The molecule has 0 saturated heterocycles. The largest absolute Gasteiger partial charge is 0.458 e. The predicted molar refractivity (Wildman–Crippen MR) is 88.4 cm³/mol. The predicted octanol–water partition coefficient (Wildman–Crippen LogP) is 3.65.